The van der Waals surface area contributed by atoms with Crippen LogP contribution in [0.4, 0.5) is 4.79 Å². The molecule has 5 N–H and O–H groups in total. The molecule has 1 aromatic carbocycles. The molecule has 0 aliphatic rings. The molecule has 7 nitrogen and oxygen atoms in total. The minimum absolute atomic E-state index is 0.0234. The fourth-order valence-electron chi connectivity index (χ4n) is 1.17. The Bertz CT molecular complexity index is 412. The highest BCUT2D eigenvalue weighted by molar-refractivity contribution is 5.99. The number of hydrogen-bond acceptors (Lipinski definition) is 5. The number of rotatable bonds is 4. The van der Waals surface area contributed by atoms with Crippen LogP contribution < -0.4 is 11.1 Å². The van der Waals surface area contributed by atoms with Gasteiger partial charge in [0.15, 0.2) is 0 Å². The average Bonchev–Trinajstić information content (AvgIpc) is 2.24. The molecule has 0 spiro atoms. The van der Waals surface area contributed by atoms with Crippen molar-refractivity contribution in [1.82, 2.24) is 5.32 Å². The molecule has 92 valence electrons. The van der Waals surface area contributed by atoms with Crippen LogP contribution in [-0.2, 0) is 4.74 Å². The van der Waals surface area contributed by atoms with Gasteiger partial charge in [0.2, 0.25) is 0 Å². The molecule has 0 atom stereocenters. The Morgan fingerprint density at radius 3 is 2.41 bits per heavy atom. The zero-order chi connectivity index (χ0) is 12.8. The third-order valence-electron chi connectivity index (χ3n) is 1.88. The summed E-state index contributed by atoms with van der Waals surface area (Å²) in [5.41, 5.74) is 4.48. The second kappa shape index (κ2) is 5.59. The van der Waals surface area contributed by atoms with E-state index in [2.05, 4.69) is 10.1 Å². The summed E-state index contributed by atoms with van der Waals surface area (Å²) in [6, 6.07) is 3.95. The second-order valence-corrected chi connectivity index (χ2v) is 3.09. The van der Waals surface area contributed by atoms with Gasteiger partial charge in [-0.15, -0.1) is 0 Å². The molecule has 2 amide bonds. The van der Waals surface area contributed by atoms with Crippen molar-refractivity contribution in [3.05, 3.63) is 23.8 Å². The Morgan fingerprint density at radius 2 is 1.88 bits per heavy atom. The molecular weight excluding hydrogens is 228 g/mol. The summed E-state index contributed by atoms with van der Waals surface area (Å²) in [7, 11) is 0. The van der Waals surface area contributed by atoms with E-state index in [9.17, 15) is 19.8 Å². The van der Waals surface area contributed by atoms with E-state index in [1.807, 2.05) is 0 Å². The molecule has 0 unspecified atom stereocenters. The second-order valence-electron chi connectivity index (χ2n) is 3.09. The lowest BCUT2D eigenvalue weighted by Gasteiger charge is -2.08. The van der Waals surface area contributed by atoms with Gasteiger partial charge in [0.05, 0.1) is 6.54 Å². The number of carbonyl (C=O) groups is 2. The Kier molecular flexibility index (Phi) is 4.15. The number of nitrogens with one attached hydrogen (secondary N) is 1. The normalized spacial score (nSPS) is 9.65. The first kappa shape index (κ1) is 12.6. The Labute approximate surface area is 96.8 Å². The van der Waals surface area contributed by atoms with Crippen molar-refractivity contribution in [2.45, 2.75) is 0 Å². The maximum atomic E-state index is 11.5. The maximum absolute atomic E-state index is 11.5. The first-order valence-electron chi connectivity index (χ1n) is 4.73. The van der Waals surface area contributed by atoms with E-state index < -0.39 is 12.0 Å². The molecule has 0 radical (unpaired) electrons. The SMILES string of the molecule is NC(=O)OCCNC(=O)c1c(O)cccc1O. The first-order chi connectivity index (χ1) is 8.02. The van der Waals surface area contributed by atoms with Crippen LogP contribution in [0, 0.1) is 0 Å². The van der Waals surface area contributed by atoms with Gasteiger partial charge in [0.1, 0.15) is 23.7 Å². The Morgan fingerprint density at radius 1 is 1.29 bits per heavy atom. The smallest absolute Gasteiger partial charge is 0.404 e. The van der Waals surface area contributed by atoms with Gasteiger partial charge in [0, 0.05) is 0 Å². The molecule has 17 heavy (non-hydrogen) atoms. The summed E-state index contributed by atoms with van der Waals surface area (Å²) in [6.07, 6.45) is -0.940. The quantitative estimate of drug-likeness (QED) is 0.548. The van der Waals surface area contributed by atoms with E-state index in [4.69, 9.17) is 5.73 Å². The minimum Gasteiger partial charge on any atom is -0.507 e. The summed E-state index contributed by atoms with van der Waals surface area (Å²) in [4.78, 5) is 21.8. The highest BCUT2D eigenvalue weighted by atomic mass is 16.5. The van der Waals surface area contributed by atoms with Crippen molar-refractivity contribution in [3.63, 3.8) is 0 Å². The fourth-order valence-corrected chi connectivity index (χ4v) is 1.17. The van der Waals surface area contributed by atoms with Gasteiger partial charge in [-0.05, 0) is 12.1 Å². The van der Waals surface area contributed by atoms with Crippen molar-refractivity contribution in [3.8, 4) is 11.5 Å². The van der Waals surface area contributed by atoms with Gasteiger partial charge in [0.25, 0.3) is 5.91 Å². The number of benzene rings is 1. The van der Waals surface area contributed by atoms with E-state index in [0.717, 1.165) is 0 Å². The third-order valence-corrected chi connectivity index (χ3v) is 1.88. The Balaban J connectivity index is 2.55. The molecule has 0 saturated heterocycles. The summed E-state index contributed by atoms with van der Waals surface area (Å²) < 4.78 is 4.39. The topological polar surface area (TPSA) is 122 Å². The van der Waals surface area contributed by atoms with Gasteiger partial charge >= 0.3 is 6.09 Å². The molecular formula is C10H12N2O5. The van der Waals surface area contributed by atoms with Gasteiger partial charge < -0.3 is 26.0 Å². The predicted octanol–water partition coefficient (Wildman–Crippen LogP) is -0.0771. The number of primary amides is 1. The zero-order valence-electron chi connectivity index (χ0n) is 8.84. The fraction of sp³-hybridized carbons (Fsp3) is 0.200. The van der Waals surface area contributed by atoms with Crippen LogP contribution in [0.2, 0.25) is 0 Å². The molecule has 1 aromatic rings. The number of ether oxygens (including phenoxy) is 1. The van der Waals surface area contributed by atoms with Crippen LogP contribution >= 0.6 is 0 Å². The van der Waals surface area contributed by atoms with Crippen molar-refractivity contribution in [2.24, 2.45) is 5.73 Å². The number of carbonyl (C=O) groups excluding carboxylic acids is 2. The lowest BCUT2D eigenvalue weighted by molar-refractivity contribution is 0.0931. The average molecular weight is 240 g/mol. The zero-order valence-corrected chi connectivity index (χ0v) is 8.84. The largest absolute Gasteiger partial charge is 0.507 e. The predicted molar refractivity (Wildman–Crippen MR) is 57.6 cm³/mol. The standard InChI is InChI=1S/C10H12N2O5/c11-10(16)17-5-4-12-9(15)8-6(13)2-1-3-7(8)14/h1-3,13-14H,4-5H2,(H2,11,16)(H,12,15). The molecule has 1 rings (SSSR count). The molecule has 0 bridgehead atoms. The molecule has 7 heteroatoms. The monoisotopic (exact) mass is 240 g/mol. The lowest BCUT2D eigenvalue weighted by Crippen LogP contribution is -2.29. The lowest BCUT2D eigenvalue weighted by atomic mass is 10.1. The Hall–Kier alpha value is -2.44. The van der Waals surface area contributed by atoms with Crippen LogP contribution in [0.25, 0.3) is 0 Å². The van der Waals surface area contributed by atoms with Crippen LogP contribution in [0.5, 0.6) is 11.5 Å². The van der Waals surface area contributed by atoms with Gasteiger partial charge in [-0.3, -0.25) is 4.79 Å². The van der Waals surface area contributed by atoms with E-state index in [1.165, 1.54) is 18.2 Å². The highest BCUT2D eigenvalue weighted by Gasteiger charge is 2.15. The summed E-state index contributed by atoms with van der Waals surface area (Å²) >= 11 is 0. The molecule has 0 saturated carbocycles. The van der Waals surface area contributed by atoms with Crippen molar-refractivity contribution in [1.29, 1.82) is 0 Å². The summed E-state index contributed by atoms with van der Waals surface area (Å²) in [6.45, 7) is -0.0645. The van der Waals surface area contributed by atoms with E-state index in [1.54, 1.807) is 0 Å². The summed E-state index contributed by atoms with van der Waals surface area (Å²) in [5.74, 6) is -1.34. The number of phenolic OH excluding ortho intramolecular Hbond substituents is 2. The van der Waals surface area contributed by atoms with Crippen molar-refractivity contribution in [2.75, 3.05) is 13.2 Å². The van der Waals surface area contributed by atoms with E-state index in [0.29, 0.717) is 0 Å². The number of hydrogen-bond donors (Lipinski definition) is 4. The number of phenols is 2. The number of nitrogens with two attached hydrogens (primary N) is 1. The molecule has 0 aromatic heterocycles. The number of aromatic hydroxyl groups is 2. The van der Waals surface area contributed by atoms with Gasteiger partial charge in [-0.1, -0.05) is 6.07 Å². The highest BCUT2D eigenvalue weighted by Crippen LogP contribution is 2.25. The van der Waals surface area contributed by atoms with Crippen LogP contribution in [0.3, 0.4) is 0 Å². The third kappa shape index (κ3) is 3.56. The van der Waals surface area contributed by atoms with Crippen molar-refractivity contribution < 1.29 is 24.5 Å². The van der Waals surface area contributed by atoms with Crippen molar-refractivity contribution >= 4 is 12.0 Å². The summed E-state index contributed by atoms with van der Waals surface area (Å²) in [5, 5.41) is 21.1. The molecule has 0 aliphatic heterocycles. The number of amides is 2. The molecule has 0 fully saturated rings. The minimum atomic E-state index is -0.940. The van der Waals surface area contributed by atoms with E-state index in [-0.39, 0.29) is 30.2 Å². The first-order valence-corrected chi connectivity index (χ1v) is 4.73. The van der Waals surface area contributed by atoms with Crippen LogP contribution in [0.15, 0.2) is 18.2 Å². The van der Waals surface area contributed by atoms with Gasteiger partial charge in [-0.2, -0.15) is 0 Å². The van der Waals surface area contributed by atoms with E-state index >= 15 is 0 Å². The van der Waals surface area contributed by atoms with Crippen LogP contribution in [0.1, 0.15) is 10.4 Å². The maximum Gasteiger partial charge on any atom is 0.404 e. The molecule has 0 heterocycles. The molecule has 0 aliphatic carbocycles. The van der Waals surface area contributed by atoms with Crippen LogP contribution in [-0.4, -0.2) is 35.4 Å². The van der Waals surface area contributed by atoms with Gasteiger partial charge in [-0.25, -0.2) is 4.79 Å².